The van der Waals surface area contributed by atoms with Gasteiger partial charge in [-0.05, 0) is 24.1 Å². The third-order valence-corrected chi connectivity index (χ3v) is 6.02. The van der Waals surface area contributed by atoms with Crippen molar-refractivity contribution < 1.29 is 41.5 Å². The van der Waals surface area contributed by atoms with E-state index in [9.17, 15) is 23.2 Å². The van der Waals surface area contributed by atoms with Gasteiger partial charge in [-0.3, -0.25) is 24.3 Å². The Morgan fingerprint density at radius 3 is 2.46 bits per heavy atom. The van der Waals surface area contributed by atoms with E-state index in [1.807, 2.05) is 0 Å². The second-order valence-electron chi connectivity index (χ2n) is 8.53. The van der Waals surface area contributed by atoms with Gasteiger partial charge in [0.25, 0.3) is 12.3 Å². The van der Waals surface area contributed by atoms with Crippen molar-refractivity contribution in [3.8, 4) is 0 Å². The minimum absolute atomic E-state index is 0.0141. The summed E-state index contributed by atoms with van der Waals surface area (Å²) in [7, 11) is 0. The minimum Gasteiger partial charge on any atom is -0.444 e. The number of cyclic esters (lactones) is 1. The summed E-state index contributed by atoms with van der Waals surface area (Å²) in [6.07, 6.45) is -2.25. The van der Waals surface area contributed by atoms with Crippen LogP contribution in [0.15, 0.2) is 36.7 Å². The van der Waals surface area contributed by atoms with Crippen molar-refractivity contribution in [1.29, 1.82) is 0 Å². The molecule has 0 spiro atoms. The largest absolute Gasteiger partial charge is 0.444 e. The SMILES string of the molecule is O=C(CC[C@H]1CN(c2cc(F)c(N3CCON(C(=O)Cc4ccncc4)CC3)c(F)c2)C(=O)O1)C(F)F. The number of hydrogen-bond acceptors (Lipinski definition) is 7. The van der Waals surface area contributed by atoms with E-state index in [-0.39, 0.29) is 62.9 Å². The van der Waals surface area contributed by atoms with E-state index >= 15 is 8.78 Å². The Morgan fingerprint density at radius 1 is 1.08 bits per heavy atom. The van der Waals surface area contributed by atoms with Crippen molar-refractivity contribution in [2.75, 3.05) is 42.6 Å². The molecule has 2 aromatic rings. The second kappa shape index (κ2) is 11.5. The van der Waals surface area contributed by atoms with Crippen LogP contribution < -0.4 is 9.80 Å². The molecule has 13 heteroatoms. The van der Waals surface area contributed by atoms with E-state index in [1.54, 1.807) is 24.5 Å². The van der Waals surface area contributed by atoms with Gasteiger partial charge < -0.3 is 9.64 Å². The fourth-order valence-electron chi connectivity index (χ4n) is 4.14. The molecule has 2 saturated heterocycles. The summed E-state index contributed by atoms with van der Waals surface area (Å²) < 4.78 is 60.0. The maximum Gasteiger partial charge on any atom is 0.414 e. The molecule has 2 aliphatic heterocycles. The standard InChI is InChI=1S/C24H24F4N4O5/c25-18-12-16(31-14-17(37-24(31)35)1-2-20(33)23(27)28)13-19(26)22(18)30-7-8-32(36-10-9-30)21(34)11-15-3-5-29-6-4-15/h3-6,12-13,17,23H,1-2,7-11,14H2/t17-/m0/s1. The molecule has 0 bridgehead atoms. The first-order valence-electron chi connectivity index (χ1n) is 11.6. The molecule has 2 amide bonds. The Balaban J connectivity index is 1.39. The van der Waals surface area contributed by atoms with Gasteiger partial charge >= 0.3 is 6.09 Å². The van der Waals surface area contributed by atoms with Crippen LogP contribution in [0.2, 0.25) is 0 Å². The monoisotopic (exact) mass is 524 g/mol. The number of halogens is 4. The fraction of sp³-hybridized carbons (Fsp3) is 0.417. The van der Waals surface area contributed by atoms with Crippen LogP contribution in [-0.4, -0.2) is 73.1 Å². The van der Waals surface area contributed by atoms with Gasteiger partial charge in [0.2, 0.25) is 0 Å². The Kier molecular flexibility index (Phi) is 8.21. The number of amides is 2. The third-order valence-electron chi connectivity index (χ3n) is 6.02. The molecule has 1 aromatic carbocycles. The smallest absolute Gasteiger partial charge is 0.414 e. The minimum atomic E-state index is -3.11. The number of anilines is 2. The molecule has 0 aliphatic carbocycles. The number of benzene rings is 1. The fourth-order valence-corrected chi connectivity index (χ4v) is 4.14. The molecule has 0 radical (unpaired) electrons. The van der Waals surface area contributed by atoms with Crippen LogP contribution in [0.3, 0.4) is 0 Å². The van der Waals surface area contributed by atoms with Gasteiger partial charge in [0, 0.05) is 44.0 Å². The molecule has 0 N–H and O–H groups in total. The number of rotatable bonds is 8. The van der Waals surface area contributed by atoms with Crippen molar-refractivity contribution in [2.24, 2.45) is 0 Å². The Bertz CT molecular complexity index is 1130. The molecule has 198 valence electrons. The summed E-state index contributed by atoms with van der Waals surface area (Å²) in [4.78, 5) is 47.7. The maximum absolute atomic E-state index is 15.1. The summed E-state index contributed by atoms with van der Waals surface area (Å²) in [5, 5.41) is 1.17. The van der Waals surface area contributed by atoms with Crippen molar-refractivity contribution in [2.45, 2.75) is 31.8 Å². The first kappa shape index (κ1) is 26.3. The molecule has 1 aromatic heterocycles. The average Bonchev–Trinajstić information content (AvgIpc) is 3.07. The maximum atomic E-state index is 15.1. The lowest BCUT2D eigenvalue weighted by molar-refractivity contribution is -0.181. The molecule has 9 nitrogen and oxygen atoms in total. The van der Waals surface area contributed by atoms with Crippen molar-refractivity contribution in [3.63, 3.8) is 0 Å². The van der Waals surface area contributed by atoms with Gasteiger partial charge in [0.1, 0.15) is 11.8 Å². The number of alkyl halides is 2. The number of carbonyl (C=O) groups is 3. The van der Waals surface area contributed by atoms with Crippen LogP contribution in [0.25, 0.3) is 0 Å². The number of nitrogens with zero attached hydrogens (tertiary/aromatic N) is 4. The molecule has 1 atom stereocenters. The number of hydrogen-bond donors (Lipinski definition) is 0. The predicted octanol–water partition coefficient (Wildman–Crippen LogP) is 3.12. The van der Waals surface area contributed by atoms with E-state index in [0.717, 1.165) is 22.6 Å². The normalized spacial score (nSPS) is 18.2. The number of aromatic nitrogens is 1. The number of carbonyl (C=O) groups excluding carboxylic acids is 3. The molecule has 2 aliphatic rings. The van der Waals surface area contributed by atoms with Gasteiger partial charge in [0.05, 0.1) is 31.8 Å². The zero-order valence-corrected chi connectivity index (χ0v) is 19.6. The topological polar surface area (TPSA) is 92.3 Å². The van der Waals surface area contributed by atoms with Crippen LogP contribution in [0, 0.1) is 11.6 Å². The lowest BCUT2D eigenvalue weighted by atomic mass is 10.1. The first-order chi connectivity index (χ1) is 17.7. The van der Waals surface area contributed by atoms with E-state index < -0.39 is 42.5 Å². The molecule has 0 unspecified atom stereocenters. The summed E-state index contributed by atoms with van der Waals surface area (Å²) in [6.45, 7) is 0.154. The number of hydroxylamine groups is 2. The van der Waals surface area contributed by atoms with Gasteiger partial charge in [-0.1, -0.05) is 0 Å². The van der Waals surface area contributed by atoms with Crippen molar-refractivity contribution in [1.82, 2.24) is 10.0 Å². The summed E-state index contributed by atoms with van der Waals surface area (Å²) in [5.41, 5.74) is 0.315. The van der Waals surface area contributed by atoms with E-state index in [0.29, 0.717) is 0 Å². The molecule has 3 heterocycles. The Hall–Kier alpha value is -3.74. The third kappa shape index (κ3) is 6.34. The molecule has 0 saturated carbocycles. The first-order valence-corrected chi connectivity index (χ1v) is 11.6. The molecular weight excluding hydrogens is 500 g/mol. The summed E-state index contributed by atoms with van der Waals surface area (Å²) in [5.74, 6) is -3.44. The van der Waals surface area contributed by atoms with Crippen LogP contribution in [0.4, 0.5) is 33.7 Å². The second-order valence-corrected chi connectivity index (χ2v) is 8.53. The number of ketones is 1. The molecular formula is C24H24F4N4O5. The predicted molar refractivity (Wildman–Crippen MR) is 122 cm³/mol. The molecule has 2 fully saturated rings. The zero-order valence-electron chi connectivity index (χ0n) is 19.6. The van der Waals surface area contributed by atoms with Gasteiger partial charge in [-0.2, -0.15) is 0 Å². The van der Waals surface area contributed by atoms with Crippen LogP contribution in [0.5, 0.6) is 0 Å². The number of ether oxygens (including phenoxy) is 1. The van der Waals surface area contributed by atoms with Crippen molar-refractivity contribution in [3.05, 3.63) is 53.9 Å². The average molecular weight is 524 g/mol. The highest BCUT2D eigenvalue weighted by Crippen LogP contribution is 2.32. The van der Waals surface area contributed by atoms with Crippen LogP contribution in [-0.2, 0) is 25.6 Å². The summed E-state index contributed by atoms with van der Waals surface area (Å²) >= 11 is 0. The highest BCUT2D eigenvalue weighted by atomic mass is 19.3. The summed E-state index contributed by atoms with van der Waals surface area (Å²) in [6, 6.07) is 5.36. The lowest BCUT2D eigenvalue weighted by Crippen LogP contribution is -2.35. The number of Topliss-reactive ketones (excluding diaryl/α,β-unsaturated/α-hetero) is 1. The van der Waals surface area contributed by atoms with E-state index in [1.165, 1.54) is 9.96 Å². The highest BCUT2D eigenvalue weighted by Gasteiger charge is 2.34. The van der Waals surface area contributed by atoms with E-state index in [2.05, 4.69) is 4.98 Å². The quantitative estimate of drug-likeness (QED) is 0.490. The van der Waals surface area contributed by atoms with Crippen LogP contribution in [0.1, 0.15) is 18.4 Å². The van der Waals surface area contributed by atoms with Gasteiger partial charge in [0.15, 0.2) is 17.4 Å². The Labute approximate surface area is 209 Å². The van der Waals surface area contributed by atoms with Gasteiger partial charge in [-0.25, -0.2) is 27.4 Å². The van der Waals surface area contributed by atoms with Crippen molar-refractivity contribution >= 4 is 29.2 Å². The van der Waals surface area contributed by atoms with E-state index in [4.69, 9.17) is 9.57 Å². The highest BCUT2D eigenvalue weighted by molar-refractivity contribution is 5.90. The molecule has 4 rings (SSSR count). The Morgan fingerprint density at radius 2 is 1.78 bits per heavy atom. The molecule has 37 heavy (non-hydrogen) atoms. The zero-order chi connectivity index (χ0) is 26.5. The van der Waals surface area contributed by atoms with Gasteiger partial charge in [-0.15, -0.1) is 0 Å². The van der Waals surface area contributed by atoms with Crippen LogP contribution >= 0.6 is 0 Å². The number of pyridine rings is 1. The lowest BCUT2D eigenvalue weighted by Gasteiger charge is -2.24.